The lowest BCUT2D eigenvalue weighted by molar-refractivity contribution is -0.138. The molecule has 1 aliphatic carbocycles. The fraction of sp³-hybridized carbons (Fsp3) is 0.500. The molecule has 12 N–H and O–H groups in total. The number of aliphatic carboxylic acids is 1. The zero-order valence-corrected chi connectivity index (χ0v) is 31.9. The predicted molar refractivity (Wildman–Crippen MR) is 206 cm³/mol. The van der Waals surface area contributed by atoms with Gasteiger partial charge in [0.2, 0.25) is 29.5 Å². The van der Waals surface area contributed by atoms with E-state index in [4.69, 9.17) is 10.8 Å². The molecule has 5 amide bonds. The Bertz CT molecular complexity index is 1670. The number of aldehydes is 1. The van der Waals surface area contributed by atoms with Crippen LogP contribution in [0.2, 0.25) is 0 Å². The van der Waals surface area contributed by atoms with E-state index in [1.54, 1.807) is 0 Å². The van der Waals surface area contributed by atoms with Crippen molar-refractivity contribution < 1.29 is 64.2 Å². The van der Waals surface area contributed by atoms with Crippen LogP contribution in [0.25, 0.3) is 11.1 Å². The molecule has 0 aromatic heterocycles. The maximum atomic E-state index is 13.6. The molecule has 312 valence electrons. The van der Waals surface area contributed by atoms with Crippen LogP contribution in [0.4, 0.5) is 0 Å². The average molecular weight is 818 g/mol. The summed E-state index contributed by atoms with van der Waals surface area (Å²) in [6.45, 7) is -1.51. The molecule has 3 rings (SSSR count). The lowest BCUT2D eigenvalue weighted by atomic mass is 9.99. The summed E-state index contributed by atoms with van der Waals surface area (Å²) in [5, 5.41) is 67.3. The molecule has 18 nitrogen and oxygen atoms in total. The SMILES string of the molecule is NC(=O)[C@H](CCC=O)NC(=O)[C@H](CCC(=O)O)NC(=O)[C@H](CCC(=O)NC[C@H](O)[C@@H](O)[C@H](O)[C@H](O)CO)NC(=O)CCSCC1c2ccccc2-c2ccccc21. The van der Waals surface area contributed by atoms with Crippen LogP contribution in [0.1, 0.15) is 62.0 Å². The van der Waals surface area contributed by atoms with Crippen molar-refractivity contribution in [1.82, 2.24) is 21.3 Å². The van der Waals surface area contributed by atoms with Gasteiger partial charge in [-0.3, -0.25) is 28.8 Å². The minimum atomic E-state index is -1.94. The second-order valence-electron chi connectivity index (χ2n) is 13.5. The van der Waals surface area contributed by atoms with E-state index < -0.39 is 110 Å². The highest BCUT2D eigenvalue weighted by atomic mass is 32.2. The minimum absolute atomic E-state index is 0.0390. The Balaban J connectivity index is 1.69. The molecule has 1 aliphatic rings. The molecule has 0 radical (unpaired) electrons. The third-order valence-electron chi connectivity index (χ3n) is 9.38. The topological polar surface area (TPSA) is 315 Å². The van der Waals surface area contributed by atoms with Crippen molar-refractivity contribution in [2.24, 2.45) is 5.73 Å². The number of benzene rings is 2. The van der Waals surface area contributed by atoms with Crippen molar-refractivity contribution in [3.63, 3.8) is 0 Å². The molecule has 0 fully saturated rings. The number of hydrogen-bond acceptors (Lipinski definition) is 13. The number of carboxylic acid groups (broad SMARTS) is 1. The lowest BCUT2D eigenvalue weighted by Crippen LogP contribution is -2.56. The molecule has 0 saturated heterocycles. The number of nitrogens with two attached hydrogens (primary N) is 1. The number of rotatable bonds is 26. The van der Waals surface area contributed by atoms with Crippen LogP contribution < -0.4 is 27.0 Å². The van der Waals surface area contributed by atoms with Crippen molar-refractivity contribution in [3.05, 3.63) is 59.7 Å². The smallest absolute Gasteiger partial charge is 0.303 e. The summed E-state index contributed by atoms with van der Waals surface area (Å²) in [4.78, 5) is 86.9. The fourth-order valence-electron chi connectivity index (χ4n) is 6.21. The molecular formula is C38H51N5O13S. The third-order valence-corrected chi connectivity index (χ3v) is 10.4. The Morgan fingerprint density at radius 1 is 0.719 bits per heavy atom. The summed E-state index contributed by atoms with van der Waals surface area (Å²) in [5.41, 5.74) is 10.0. The lowest BCUT2D eigenvalue weighted by Gasteiger charge is -2.26. The fourth-order valence-corrected chi connectivity index (χ4v) is 7.30. The molecule has 0 saturated carbocycles. The van der Waals surface area contributed by atoms with Crippen molar-refractivity contribution in [2.75, 3.05) is 24.7 Å². The van der Waals surface area contributed by atoms with Gasteiger partial charge in [-0.2, -0.15) is 11.8 Å². The maximum Gasteiger partial charge on any atom is 0.303 e. The highest BCUT2D eigenvalue weighted by Gasteiger charge is 2.32. The summed E-state index contributed by atoms with van der Waals surface area (Å²) in [6.07, 6.45) is -9.03. The first-order valence-corrected chi connectivity index (χ1v) is 19.5. The van der Waals surface area contributed by atoms with E-state index in [0.29, 0.717) is 17.8 Å². The number of fused-ring (bicyclic) bond motifs is 3. The van der Waals surface area contributed by atoms with E-state index in [1.165, 1.54) is 22.9 Å². The van der Waals surface area contributed by atoms with Gasteiger partial charge in [-0.1, -0.05) is 48.5 Å². The van der Waals surface area contributed by atoms with Gasteiger partial charge in [-0.15, -0.1) is 0 Å². The van der Waals surface area contributed by atoms with Gasteiger partial charge in [0.15, 0.2) is 0 Å². The first kappa shape index (κ1) is 46.5. The predicted octanol–water partition coefficient (Wildman–Crippen LogP) is -1.96. The molecule has 19 heteroatoms. The number of aliphatic hydroxyl groups excluding tert-OH is 5. The van der Waals surface area contributed by atoms with Gasteiger partial charge in [-0.25, -0.2) is 0 Å². The first-order chi connectivity index (χ1) is 27.2. The van der Waals surface area contributed by atoms with Crippen LogP contribution in [0, 0.1) is 0 Å². The van der Waals surface area contributed by atoms with Crippen LogP contribution in [0.3, 0.4) is 0 Å². The summed E-state index contributed by atoms with van der Waals surface area (Å²) >= 11 is 1.53. The second kappa shape index (κ2) is 23.3. The van der Waals surface area contributed by atoms with E-state index in [2.05, 4.69) is 45.5 Å². The number of carbonyl (C=O) groups excluding carboxylic acids is 6. The third kappa shape index (κ3) is 14.2. The number of aliphatic hydroxyl groups is 5. The molecular weight excluding hydrogens is 767 g/mol. The zero-order valence-electron chi connectivity index (χ0n) is 31.1. The number of hydrogen-bond donors (Lipinski definition) is 11. The van der Waals surface area contributed by atoms with E-state index >= 15 is 0 Å². The van der Waals surface area contributed by atoms with Crippen LogP contribution >= 0.6 is 11.8 Å². The average Bonchev–Trinajstić information content (AvgIpc) is 3.52. The minimum Gasteiger partial charge on any atom is -0.481 e. The molecule has 7 atom stereocenters. The molecule has 2 aromatic carbocycles. The second-order valence-corrected chi connectivity index (χ2v) is 14.7. The van der Waals surface area contributed by atoms with Crippen LogP contribution in [-0.2, 0) is 33.6 Å². The van der Waals surface area contributed by atoms with Gasteiger partial charge in [0.1, 0.15) is 42.7 Å². The summed E-state index contributed by atoms with van der Waals surface area (Å²) in [5.74, 6) is -4.42. The van der Waals surface area contributed by atoms with Gasteiger partial charge >= 0.3 is 5.97 Å². The Labute approximate surface area is 333 Å². The quantitative estimate of drug-likeness (QED) is 0.0363. The van der Waals surface area contributed by atoms with E-state index in [9.17, 15) is 59.1 Å². The van der Waals surface area contributed by atoms with Gasteiger partial charge in [0.05, 0.1) is 12.7 Å². The Morgan fingerprint density at radius 3 is 1.82 bits per heavy atom. The Morgan fingerprint density at radius 2 is 1.26 bits per heavy atom. The maximum absolute atomic E-state index is 13.6. The van der Waals surface area contributed by atoms with Gasteiger partial charge in [0, 0.05) is 49.7 Å². The summed E-state index contributed by atoms with van der Waals surface area (Å²) in [6, 6.07) is 11.9. The number of carbonyl (C=O) groups is 7. The van der Waals surface area contributed by atoms with E-state index in [-0.39, 0.29) is 31.6 Å². The number of amides is 5. The van der Waals surface area contributed by atoms with E-state index in [1.807, 2.05) is 24.3 Å². The number of nitrogens with one attached hydrogen (secondary N) is 4. The summed E-state index contributed by atoms with van der Waals surface area (Å²) in [7, 11) is 0. The van der Waals surface area contributed by atoms with Crippen molar-refractivity contribution >= 4 is 53.6 Å². The standard InChI is InChI=1S/C38H51N5O13S/c39-36(54)26(10-5-16-44)42-38(56)28(12-14-33(50)51)43-37(55)27(11-13-31(48)40-18-29(46)34(52)35(53)30(47)19-45)41-32(49)15-17-57-20-25-23-8-3-1-6-21(23)22-7-2-4-9-24(22)25/h1-4,6-9,16,25-30,34-35,45-47,52-53H,5,10-15,17-20H2,(H2,39,54)(H,40,48)(H,41,49)(H,42,56)(H,43,55)(H,50,51)/t26-,27-,28-,29-,30+,34+,35+/m0/s1. The largest absolute Gasteiger partial charge is 0.481 e. The zero-order chi connectivity index (χ0) is 42.1. The van der Waals surface area contributed by atoms with E-state index in [0.717, 1.165) is 11.1 Å². The summed E-state index contributed by atoms with van der Waals surface area (Å²) < 4.78 is 0. The van der Waals surface area contributed by atoms with Crippen molar-refractivity contribution in [2.45, 2.75) is 93.4 Å². The molecule has 0 aliphatic heterocycles. The molecule has 2 aromatic rings. The highest BCUT2D eigenvalue weighted by Crippen LogP contribution is 2.45. The monoisotopic (exact) mass is 817 g/mol. The highest BCUT2D eigenvalue weighted by molar-refractivity contribution is 7.99. The van der Waals surface area contributed by atoms with Gasteiger partial charge in [0.25, 0.3) is 0 Å². The van der Waals surface area contributed by atoms with Crippen LogP contribution in [0.15, 0.2) is 48.5 Å². The normalized spacial score (nSPS) is 15.7. The van der Waals surface area contributed by atoms with Crippen LogP contribution in [-0.4, -0.2) is 140 Å². The number of carboxylic acids is 1. The number of primary amides is 1. The number of thioether (sulfide) groups is 1. The van der Waals surface area contributed by atoms with Gasteiger partial charge < -0.3 is 62.4 Å². The Kier molecular flexibility index (Phi) is 19.0. The van der Waals surface area contributed by atoms with Crippen molar-refractivity contribution in [3.8, 4) is 11.1 Å². The molecule has 57 heavy (non-hydrogen) atoms. The van der Waals surface area contributed by atoms with Crippen LogP contribution in [0.5, 0.6) is 0 Å². The molecule has 0 heterocycles. The Hall–Kier alpha value is -4.92. The van der Waals surface area contributed by atoms with Crippen molar-refractivity contribution in [1.29, 1.82) is 0 Å². The molecule has 0 unspecified atom stereocenters. The first-order valence-electron chi connectivity index (χ1n) is 18.4. The molecule has 0 bridgehead atoms. The van der Waals surface area contributed by atoms with Gasteiger partial charge in [-0.05, 0) is 41.5 Å². The molecule has 0 spiro atoms.